The summed E-state index contributed by atoms with van der Waals surface area (Å²) in [6, 6.07) is 4.39. The number of nitrogens with zero attached hydrogens (tertiary/aromatic N) is 2. The molecule has 0 amide bonds. The molecule has 0 aliphatic carbocycles. The molecule has 0 unspecified atom stereocenters. The van der Waals surface area contributed by atoms with Crippen molar-refractivity contribution in [3.05, 3.63) is 33.3 Å². The third-order valence-corrected chi connectivity index (χ3v) is 3.07. The van der Waals surface area contributed by atoms with Crippen molar-refractivity contribution in [3.63, 3.8) is 0 Å². The Bertz CT molecular complexity index is 622. The maximum Gasteiger partial charge on any atom is 0.226 e. The standard InChI is InChI=1S/C10H8Cl3N5O/c11-4-1-6(13)7(2-5(4)12)19-9-3-8(18-15)16-10(14)17-9/h1-3H,15H2,(H3,14,16,17,18). The van der Waals surface area contributed by atoms with Crippen LogP contribution < -0.4 is 21.7 Å². The number of hydrogen-bond acceptors (Lipinski definition) is 6. The van der Waals surface area contributed by atoms with Crippen molar-refractivity contribution in [2.75, 3.05) is 11.2 Å². The Morgan fingerprint density at radius 3 is 2.37 bits per heavy atom. The zero-order valence-corrected chi connectivity index (χ0v) is 11.6. The van der Waals surface area contributed by atoms with Gasteiger partial charge in [-0.1, -0.05) is 34.8 Å². The first-order valence-corrected chi connectivity index (χ1v) is 6.06. The van der Waals surface area contributed by atoms with Crippen molar-refractivity contribution in [2.45, 2.75) is 0 Å². The van der Waals surface area contributed by atoms with Gasteiger partial charge in [-0.15, -0.1) is 0 Å². The topological polar surface area (TPSA) is 99.1 Å². The summed E-state index contributed by atoms with van der Waals surface area (Å²) in [4.78, 5) is 7.70. The molecule has 19 heavy (non-hydrogen) atoms. The van der Waals surface area contributed by atoms with Crippen LogP contribution in [0.1, 0.15) is 0 Å². The van der Waals surface area contributed by atoms with Crippen LogP contribution in [-0.2, 0) is 0 Å². The normalized spacial score (nSPS) is 10.3. The number of anilines is 2. The average Bonchev–Trinajstić information content (AvgIpc) is 2.35. The van der Waals surface area contributed by atoms with Gasteiger partial charge in [0.2, 0.25) is 11.8 Å². The summed E-state index contributed by atoms with van der Waals surface area (Å²) in [7, 11) is 0. The van der Waals surface area contributed by atoms with E-state index in [1.54, 1.807) is 0 Å². The van der Waals surface area contributed by atoms with E-state index in [0.29, 0.717) is 15.9 Å². The van der Waals surface area contributed by atoms with E-state index >= 15 is 0 Å². The monoisotopic (exact) mass is 319 g/mol. The number of nitrogen functional groups attached to an aromatic ring is 2. The maximum absolute atomic E-state index is 5.98. The van der Waals surface area contributed by atoms with Crippen molar-refractivity contribution in [1.82, 2.24) is 9.97 Å². The number of nitrogens with two attached hydrogens (primary N) is 2. The molecule has 0 saturated heterocycles. The fourth-order valence-corrected chi connectivity index (χ4v) is 1.84. The van der Waals surface area contributed by atoms with Gasteiger partial charge >= 0.3 is 0 Å². The Hall–Kier alpha value is -1.47. The van der Waals surface area contributed by atoms with Crippen LogP contribution in [0.3, 0.4) is 0 Å². The van der Waals surface area contributed by atoms with E-state index in [-0.39, 0.29) is 22.6 Å². The molecule has 1 aromatic heterocycles. The molecule has 0 bridgehead atoms. The quantitative estimate of drug-likeness (QED) is 0.456. The molecule has 2 aromatic rings. The molecule has 2 rings (SSSR count). The third-order valence-electron chi connectivity index (χ3n) is 2.06. The Balaban J connectivity index is 2.36. The zero-order chi connectivity index (χ0) is 14.0. The van der Waals surface area contributed by atoms with Gasteiger partial charge in [-0.3, -0.25) is 0 Å². The van der Waals surface area contributed by atoms with Gasteiger partial charge in [0.1, 0.15) is 11.6 Å². The second-order valence-electron chi connectivity index (χ2n) is 3.39. The van der Waals surface area contributed by atoms with Crippen LogP contribution in [0.25, 0.3) is 0 Å². The van der Waals surface area contributed by atoms with Gasteiger partial charge in [0.25, 0.3) is 0 Å². The molecule has 6 nitrogen and oxygen atoms in total. The summed E-state index contributed by atoms with van der Waals surface area (Å²) in [5.41, 5.74) is 7.84. The van der Waals surface area contributed by atoms with E-state index < -0.39 is 0 Å². The predicted molar refractivity (Wildman–Crippen MR) is 75.8 cm³/mol. The number of rotatable bonds is 3. The highest BCUT2D eigenvalue weighted by Gasteiger charge is 2.10. The fourth-order valence-electron chi connectivity index (χ4n) is 1.26. The van der Waals surface area contributed by atoms with Crippen LogP contribution in [0, 0.1) is 0 Å². The first-order valence-electron chi connectivity index (χ1n) is 4.93. The second-order valence-corrected chi connectivity index (χ2v) is 4.61. The van der Waals surface area contributed by atoms with Gasteiger partial charge in [0.05, 0.1) is 15.1 Å². The Kier molecular flexibility index (Phi) is 4.16. The van der Waals surface area contributed by atoms with Gasteiger partial charge in [0, 0.05) is 12.1 Å². The lowest BCUT2D eigenvalue weighted by atomic mass is 10.3. The highest BCUT2D eigenvalue weighted by molar-refractivity contribution is 6.43. The van der Waals surface area contributed by atoms with Crippen molar-refractivity contribution in [1.29, 1.82) is 0 Å². The minimum absolute atomic E-state index is 0.00151. The molecular formula is C10H8Cl3N5O. The minimum atomic E-state index is 0.00151. The van der Waals surface area contributed by atoms with Crippen LogP contribution in [0.15, 0.2) is 18.2 Å². The molecule has 0 aliphatic heterocycles. The second kappa shape index (κ2) is 5.66. The SMILES string of the molecule is NNc1cc(Oc2cc(Cl)c(Cl)cc2Cl)nc(N)n1. The smallest absolute Gasteiger partial charge is 0.226 e. The molecule has 0 radical (unpaired) electrons. The van der Waals surface area contributed by atoms with Crippen LogP contribution in [0.5, 0.6) is 11.6 Å². The number of aromatic nitrogens is 2. The molecule has 9 heteroatoms. The van der Waals surface area contributed by atoms with E-state index in [0.717, 1.165) is 0 Å². The van der Waals surface area contributed by atoms with E-state index in [2.05, 4.69) is 15.4 Å². The van der Waals surface area contributed by atoms with Crippen LogP contribution in [-0.4, -0.2) is 9.97 Å². The van der Waals surface area contributed by atoms with Gasteiger partial charge in [-0.2, -0.15) is 9.97 Å². The van der Waals surface area contributed by atoms with Crippen molar-refractivity contribution >= 4 is 46.6 Å². The summed E-state index contributed by atoms with van der Waals surface area (Å²) >= 11 is 17.7. The molecule has 1 aromatic carbocycles. The Labute approximate surface area is 123 Å². The molecule has 0 saturated carbocycles. The van der Waals surface area contributed by atoms with Crippen LogP contribution >= 0.6 is 34.8 Å². The molecule has 1 heterocycles. The first-order chi connectivity index (χ1) is 8.99. The predicted octanol–water partition coefficient (Wildman–Crippen LogP) is 3.10. The summed E-state index contributed by atoms with van der Waals surface area (Å²) in [5, 5.41) is 0.916. The summed E-state index contributed by atoms with van der Waals surface area (Å²) < 4.78 is 5.47. The molecule has 0 aliphatic rings. The summed E-state index contributed by atoms with van der Waals surface area (Å²) in [6.45, 7) is 0. The lowest BCUT2D eigenvalue weighted by Gasteiger charge is -2.09. The molecule has 5 N–H and O–H groups in total. The number of benzene rings is 1. The Morgan fingerprint density at radius 2 is 1.68 bits per heavy atom. The van der Waals surface area contributed by atoms with Crippen molar-refractivity contribution in [3.8, 4) is 11.6 Å². The summed E-state index contributed by atoms with van der Waals surface area (Å²) in [5.74, 6) is 6.00. The zero-order valence-electron chi connectivity index (χ0n) is 9.32. The van der Waals surface area contributed by atoms with Crippen LogP contribution in [0.4, 0.5) is 11.8 Å². The lowest BCUT2D eigenvalue weighted by Crippen LogP contribution is -2.10. The number of nitrogens with one attached hydrogen (secondary N) is 1. The highest BCUT2D eigenvalue weighted by atomic mass is 35.5. The largest absolute Gasteiger partial charge is 0.437 e. The average molecular weight is 321 g/mol. The third kappa shape index (κ3) is 3.30. The molecule has 0 spiro atoms. The molecule has 0 fully saturated rings. The van der Waals surface area contributed by atoms with Gasteiger partial charge in [-0.05, 0) is 6.07 Å². The highest BCUT2D eigenvalue weighted by Crippen LogP contribution is 2.36. The van der Waals surface area contributed by atoms with E-state index in [1.807, 2.05) is 0 Å². The fraction of sp³-hybridized carbons (Fsp3) is 0. The first kappa shape index (κ1) is 14.0. The molecular weight excluding hydrogens is 313 g/mol. The Morgan fingerprint density at radius 1 is 1.00 bits per heavy atom. The maximum atomic E-state index is 5.98. The minimum Gasteiger partial charge on any atom is -0.437 e. The molecule has 0 atom stereocenters. The van der Waals surface area contributed by atoms with Gasteiger partial charge in [0.15, 0.2) is 0 Å². The van der Waals surface area contributed by atoms with Gasteiger partial charge < -0.3 is 15.9 Å². The van der Waals surface area contributed by atoms with E-state index in [9.17, 15) is 0 Å². The number of hydrogen-bond donors (Lipinski definition) is 3. The van der Waals surface area contributed by atoms with E-state index in [4.69, 9.17) is 51.1 Å². The van der Waals surface area contributed by atoms with Crippen LogP contribution in [0.2, 0.25) is 15.1 Å². The van der Waals surface area contributed by atoms with Crippen molar-refractivity contribution in [2.24, 2.45) is 5.84 Å². The number of hydrazine groups is 1. The van der Waals surface area contributed by atoms with E-state index in [1.165, 1.54) is 18.2 Å². The van der Waals surface area contributed by atoms with Gasteiger partial charge in [-0.25, -0.2) is 5.84 Å². The summed E-state index contributed by atoms with van der Waals surface area (Å²) in [6.07, 6.45) is 0. The number of halogens is 3. The lowest BCUT2D eigenvalue weighted by molar-refractivity contribution is 0.463. The van der Waals surface area contributed by atoms with Crippen molar-refractivity contribution < 1.29 is 4.74 Å². The molecule has 100 valence electrons. The number of ether oxygens (including phenoxy) is 1.